The van der Waals surface area contributed by atoms with E-state index in [2.05, 4.69) is 19.9 Å². The average Bonchev–Trinajstić information content (AvgIpc) is 3.23. The van der Waals surface area contributed by atoms with Gasteiger partial charge in [-0.25, -0.2) is 24.7 Å². The highest BCUT2D eigenvalue weighted by atomic mass is 16.2. The smallest absolute Gasteiger partial charge is 0.332 e. The van der Waals surface area contributed by atoms with Crippen LogP contribution in [0.15, 0.2) is 28.5 Å². The number of unbranched alkanes of at least 4 members (excludes halogenated alkanes) is 2. The normalized spacial score (nSPS) is 12.1. The SMILES string of the molecule is [2H]c1nc2c(N)ncnc2n1CCCCCn1c(=O)c2c(ncn2C)n(C)c1=O. The minimum absolute atomic E-state index is 0.0824. The first-order chi connectivity index (χ1) is 13.9. The van der Waals surface area contributed by atoms with E-state index in [1.807, 2.05) is 0 Å². The molecule has 0 aliphatic carbocycles. The minimum atomic E-state index is -0.373. The molecule has 0 aromatic carbocycles. The van der Waals surface area contributed by atoms with Crippen molar-refractivity contribution in [1.29, 1.82) is 0 Å². The third-order valence-corrected chi connectivity index (χ3v) is 4.83. The largest absolute Gasteiger partial charge is 0.382 e. The van der Waals surface area contributed by atoms with Crippen LogP contribution in [-0.4, -0.2) is 38.2 Å². The van der Waals surface area contributed by atoms with Crippen LogP contribution in [0.1, 0.15) is 20.6 Å². The molecule has 0 aliphatic heterocycles. The third-order valence-electron chi connectivity index (χ3n) is 4.83. The fraction of sp³-hybridized carbons (Fsp3) is 0.412. The van der Waals surface area contributed by atoms with Crippen molar-refractivity contribution in [1.82, 2.24) is 38.2 Å². The Morgan fingerprint density at radius 1 is 1.04 bits per heavy atom. The number of nitrogens with two attached hydrogens (primary N) is 1. The monoisotopic (exact) mass is 384 g/mol. The Kier molecular flexibility index (Phi) is 4.11. The number of aromatic nitrogens is 8. The fourth-order valence-corrected chi connectivity index (χ4v) is 3.31. The van der Waals surface area contributed by atoms with Gasteiger partial charge in [-0.15, -0.1) is 0 Å². The molecule has 0 radical (unpaired) electrons. The molecule has 0 saturated carbocycles. The second-order valence-corrected chi connectivity index (χ2v) is 6.68. The second-order valence-electron chi connectivity index (χ2n) is 6.68. The van der Waals surface area contributed by atoms with Crippen LogP contribution in [0, 0.1) is 0 Å². The van der Waals surface area contributed by atoms with Crippen LogP contribution in [0.2, 0.25) is 0 Å². The van der Waals surface area contributed by atoms with Gasteiger partial charge in [-0.2, -0.15) is 0 Å². The van der Waals surface area contributed by atoms with Crippen molar-refractivity contribution in [2.24, 2.45) is 14.1 Å². The molecule has 0 atom stereocenters. The van der Waals surface area contributed by atoms with Gasteiger partial charge in [0.15, 0.2) is 22.6 Å². The molecule has 4 aromatic rings. The number of imidazole rings is 2. The van der Waals surface area contributed by atoms with Crippen LogP contribution in [0.25, 0.3) is 22.3 Å². The quantitative estimate of drug-likeness (QED) is 0.464. The van der Waals surface area contributed by atoms with Crippen LogP contribution in [0.3, 0.4) is 0 Å². The Balaban J connectivity index is 1.45. The summed E-state index contributed by atoms with van der Waals surface area (Å²) in [6, 6.07) is 0. The number of nitrogens with zero attached hydrogens (tertiary/aromatic N) is 8. The zero-order valence-electron chi connectivity index (χ0n) is 16.7. The van der Waals surface area contributed by atoms with Gasteiger partial charge in [-0.1, -0.05) is 0 Å². The topological polar surface area (TPSA) is 131 Å². The summed E-state index contributed by atoms with van der Waals surface area (Å²) >= 11 is 0. The molecular formula is C17H21N9O2. The van der Waals surface area contributed by atoms with Crippen molar-refractivity contribution >= 4 is 28.1 Å². The van der Waals surface area contributed by atoms with Gasteiger partial charge >= 0.3 is 5.69 Å². The van der Waals surface area contributed by atoms with Crippen molar-refractivity contribution in [3.05, 3.63) is 39.8 Å². The van der Waals surface area contributed by atoms with Gasteiger partial charge in [0.1, 0.15) is 13.2 Å². The summed E-state index contributed by atoms with van der Waals surface area (Å²) in [5.41, 5.74) is 6.84. The lowest BCUT2D eigenvalue weighted by molar-refractivity contribution is 0.520. The van der Waals surface area contributed by atoms with Gasteiger partial charge in [0, 0.05) is 27.2 Å². The Bertz CT molecular complexity index is 1330. The molecule has 0 amide bonds. The predicted octanol–water partition coefficient (Wildman–Crippen LogP) is 0.0261. The van der Waals surface area contributed by atoms with E-state index in [-0.39, 0.29) is 23.4 Å². The fourth-order valence-electron chi connectivity index (χ4n) is 3.31. The van der Waals surface area contributed by atoms with E-state index in [1.54, 1.807) is 23.2 Å². The standard InChI is InChI=1S/C17H21N9O2/c1-23-9-22-15-12(23)16(27)26(17(28)24(15)2)7-5-3-4-6-25-10-21-11-13(18)19-8-20-14(11)25/h8-10H,3-7H2,1-2H3,(H2,18,19,20)/i10D. The molecule has 4 aromatic heterocycles. The third kappa shape index (κ3) is 2.84. The molecule has 11 nitrogen and oxygen atoms in total. The molecule has 146 valence electrons. The van der Waals surface area contributed by atoms with Gasteiger partial charge in [0.25, 0.3) is 5.56 Å². The molecule has 28 heavy (non-hydrogen) atoms. The van der Waals surface area contributed by atoms with E-state index >= 15 is 0 Å². The maximum Gasteiger partial charge on any atom is 0.332 e. The summed E-state index contributed by atoms with van der Waals surface area (Å²) in [5, 5.41) is 0. The molecule has 0 unspecified atom stereocenters. The molecule has 0 fully saturated rings. The maximum atomic E-state index is 12.7. The van der Waals surface area contributed by atoms with Crippen molar-refractivity contribution in [2.45, 2.75) is 32.4 Å². The van der Waals surface area contributed by atoms with E-state index < -0.39 is 0 Å². The number of anilines is 1. The van der Waals surface area contributed by atoms with Crippen LogP contribution >= 0.6 is 0 Å². The van der Waals surface area contributed by atoms with Crippen LogP contribution in [0.5, 0.6) is 0 Å². The van der Waals surface area contributed by atoms with E-state index in [0.717, 1.165) is 12.8 Å². The predicted molar refractivity (Wildman–Crippen MR) is 104 cm³/mol. The van der Waals surface area contributed by atoms with Gasteiger partial charge < -0.3 is 14.9 Å². The van der Waals surface area contributed by atoms with Gasteiger partial charge in [0.05, 0.1) is 12.6 Å². The average molecular weight is 384 g/mol. The zero-order valence-corrected chi connectivity index (χ0v) is 15.7. The van der Waals surface area contributed by atoms with Crippen molar-refractivity contribution < 1.29 is 1.37 Å². The van der Waals surface area contributed by atoms with Crippen LogP contribution < -0.4 is 17.0 Å². The lowest BCUT2D eigenvalue weighted by Gasteiger charge is -2.09. The number of hydrogen-bond donors (Lipinski definition) is 1. The molecule has 11 heteroatoms. The highest BCUT2D eigenvalue weighted by Crippen LogP contribution is 2.15. The lowest BCUT2D eigenvalue weighted by atomic mass is 10.2. The Morgan fingerprint density at radius 3 is 2.64 bits per heavy atom. The number of rotatable bonds is 6. The van der Waals surface area contributed by atoms with Crippen molar-refractivity contribution in [3.8, 4) is 0 Å². The molecule has 0 saturated heterocycles. The minimum Gasteiger partial charge on any atom is -0.382 e. The first-order valence-corrected chi connectivity index (χ1v) is 8.94. The Hall–Kier alpha value is -3.50. The van der Waals surface area contributed by atoms with Crippen molar-refractivity contribution in [3.63, 3.8) is 0 Å². The number of nitrogen functional groups attached to an aromatic ring is 1. The molecule has 4 heterocycles. The highest BCUT2D eigenvalue weighted by molar-refractivity contribution is 5.81. The van der Waals surface area contributed by atoms with Crippen LogP contribution in [-0.2, 0) is 27.2 Å². The summed E-state index contributed by atoms with van der Waals surface area (Å²) in [4.78, 5) is 41.5. The van der Waals surface area contributed by atoms with E-state index in [4.69, 9.17) is 7.10 Å². The van der Waals surface area contributed by atoms with Gasteiger partial charge in [-0.3, -0.25) is 13.9 Å². The lowest BCUT2D eigenvalue weighted by Crippen LogP contribution is -2.39. The Labute approximate surface area is 160 Å². The molecular weight excluding hydrogens is 362 g/mol. The number of fused-ring (bicyclic) bond motifs is 2. The summed E-state index contributed by atoms with van der Waals surface area (Å²) in [6.45, 7) is 0.861. The van der Waals surface area contributed by atoms with Crippen LogP contribution in [0.4, 0.5) is 5.82 Å². The molecule has 0 aliphatic rings. The number of hydrogen-bond acceptors (Lipinski definition) is 7. The van der Waals surface area contributed by atoms with Gasteiger partial charge in [-0.05, 0) is 19.3 Å². The second kappa shape index (κ2) is 6.91. The first kappa shape index (κ1) is 16.7. The highest BCUT2D eigenvalue weighted by Gasteiger charge is 2.14. The summed E-state index contributed by atoms with van der Waals surface area (Å²) in [7, 11) is 3.34. The zero-order chi connectivity index (χ0) is 20.7. The molecule has 0 bridgehead atoms. The summed E-state index contributed by atoms with van der Waals surface area (Å²) in [6.07, 6.45) is 5.11. The van der Waals surface area contributed by atoms with E-state index in [9.17, 15) is 9.59 Å². The summed E-state index contributed by atoms with van der Waals surface area (Å²) < 4.78 is 14.0. The maximum absolute atomic E-state index is 12.7. The summed E-state index contributed by atoms with van der Waals surface area (Å²) in [5.74, 6) is 0.253. The number of aryl methyl sites for hydroxylation is 3. The Morgan fingerprint density at radius 2 is 1.82 bits per heavy atom. The molecule has 0 spiro atoms. The van der Waals surface area contributed by atoms with E-state index in [0.29, 0.717) is 41.8 Å². The molecule has 4 rings (SSSR count). The van der Waals surface area contributed by atoms with Crippen molar-refractivity contribution in [2.75, 3.05) is 5.73 Å². The first-order valence-electron chi connectivity index (χ1n) is 9.44. The van der Waals surface area contributed by atoms with E-state index in [1.165, 1.54) is 21.8 Å². The van der Waals surface area contributed by atoms with Gasteiger partial charge in [0.2, 0.25) is 0 Å². The molecule has 2 N–H and O–H groups in total.